The van der Waals surface area contributed by atoms with Gasteiger partial charge in [0, 0.05) is 11.4 Å². The third-order valence-electron chi connectivity index (χ3n) is 5.07. The normalized spacial score (nSPS) is 17.4. The fourth-order valence-electron chi connectivity index (χ4n) is 3.92. The second kappa shape index (κ2) is 6.72. The standard InChI is InChI=1S/C20H17ClFNO3/c21-13-10-16-14(17(22)11-13)4-5-18(16)23(7-8-24)20(25)15-3-1-2-12-6-9-26-19(12)15/h1-3,8,10-11,18H,4-7,9H2. The third-order valence-corrected chi connectivity index (χ3v) is 5.29. The van der Waals surface area contributed by atoms with E-state index in [4.69, 9.17) is 16.3 Å². The first-order valence-corrected chi connectivity index (χ1v) is 8.95. The molecule has 0 saturated heterocycles. The van der Waals surface area contributed by atoms with E-state index in [0.717, 1.165) is 12.0 Å². The van der Waals surface area contributed by atoms with Crippen LogP contribution in [0, 0.1) is 5.82 Å². The lowest BCUT2D eigenvalue weighted by Crippen LogP contribution is -2.35. The Bertz CT molecular complexity index is 899. The number of hydrogen-bond donors (Lipinski definition) is 0. The van der Waals surface area contributed by atoms with Gasteiger partial charge in [-0.25, -0.2) is 4.39 Å². The Morgan fingerprint density at radius 3 is 3.00 bits per heavy atom. The zero-order chi connectivity index (χ0) is 18.3. The quantitative estimate of drug-likeness (QED) is 0.767. The van der Waals surface area contributed by atoms with Crippen LogP contribution in [-0.2, 0) is 17.6 Å². The zero-order valence-corrected chi connectivity index (χ0v) is 14.8. The summed E-state index contributed by atoms with van der Waals surface area (Å²) >= 11 is 6.02. The van der Waals surface area contributed by atoms with Crippen LogP contribution in [0.2, 0.25) is 5.02 Å². The topological polar surface area (TPSA) is 46.6 Å². The van der Waals surface area contributed by atoms with E-state index >= 15 is 0 Å². The van der Waals surface area contributed by atoms with Crippen LogP contribution < -0.4 is 4.74 Å². The molecular formula is C20H17ClFNO3. The van der Waals surface area contributed by atoms with Gasteiger partial charge in [0.15, 0.2) is 0 Å². The van der Waals surface area contributed by atoms with E-state index in [1.165, 1.54) is 11.0 Å². The molecule has 0 spiro atoms. The van der Waals surface area contributed by atoms with Gasteiger partial charge in [-0.3, -0.25) is 4.79 Å². The van der Waals surface area contributed by atoms with Crippen LogP contribution in [0.3, 0.4) is 0 Å². The maximum absolute atomic E-state index is 14.2. The molecular weight excluding hydrogens is 357 g/mol. The number of benzene rings is 2. The van der Waals surface area contributed by atoms with Gasteiger partial charge in [0.05, 0.1) is 24.8 Å². The van der Waals surface area contributed by atoms with Crippen LogP contribution in [0.4, 0.5) is 4.39 Å². The van der Waals surface area contributed by atoms with E-state index in [0.29, 0.717) is 48.2 Å². The lowest BCUT2D eigenvalue weighted by atomic mass is 10.0. The predicted octanol–water partition coefficient (Wildman–Crippen LogP) is 3.74. The summed E-state index contributed by atoms with van der Waals surface area (Å²) in [5.74, 6) is -0.0598. The van der Waals surface area contributed by atoms with Crippen LogP contribution in [0.15, 0.2) is 30.3 Å². The second-order valence-electron chi connectivity index (χ2n) is 6.53. The minimum atomic E-state index is -0.381. The molecule has 0 saturated carbocycles. The van der Waals surface area contributed by atoms with E-state index in [1.54, 1.807) is 12.1 Å². The number of nitrogens with zero attached hydrogens (tertiary/aromatic N) is 1. The molecule has 0 fully saturated rings. The highest BCUT2D eigenvalue weighted by molar-refractivity contribution is 6.30. The molecule has 1 atom stereocenters. The van der Waals surface area contributed by atoms with E-state index in [2.05, 4.69) is 0 Å². The summed E-state index contributed by atoms with van der Waals surface area (Å²) in [7, 11) is 0. The van der Waals surface area contributed by atoms with Gasteiger partial charge in [0.2, 0.25) is 0 Å². The summed E-state index contributed by atoms with van der Waals surface area (Å²) in [6, 6.07) is 8.05. The van der Waals surface area contributed by atoms with Crippen molar-refractivity contribution >= 4 is 23.8 Å². The number of hydrogen-bond acceptors (Lipinski definition) is 3. The fourth-order valence-corrected chi connectivity index (χ4v) is 4.13. The SMILES string of the molecule is O=CCN(C(=O)c1cccc2c1OCC2)C1CCc2c(F)cc(Cl)cc21. The van der Waals surface area contributed by atoms with Gasteiger partial charge in [-0.2, -0.15) is 0 Å². The number of ether oxygens (including phenoxy) is 1. The number of para-hydroxylation sites is 1. The molecule has 1 aliphatic heterocycles. The molecule has 1 unspecified atom stereocenters. The number of rotatable bonds is 4. The van der Waals surface area contributed by atoms with Crippen LogP contribution in [0.1, 0.15) is 39.5 Å². The Morgan fingerprint density at radius 2 is 2.19 bits per heavy atom. The molecule has 2 aromatic carbocycles. The molecule has 4 nitrogen and oxygen atoms in total. The predicted molar refractivity (Wildman–Crippen MR) is 95.2 cm³/mol. The highest BCUT2D eigenvalue weighted by atomic mass is 35.5. The molecule has 2 aliphatic rings. The molecule has 26 heavy (non-hydrogen) atoms. The van der Waals surface area contributed by atoms with E-state index in [9.17, 15) is 14.0 Å². The van der Waals surface area contributed by atoms with Crippen molar-refractivity contribution in [3.63, 3.8) is 0 Å². The van der Waals surface area contributed by atoms with Crippen molar-refractivity contribution in [3.8, 4) is 5.75 Å². The molecule has 1 aliphatic carbocycles. The van der Waals surface area contributed by atoms with Gasteiger partial charge in [-0.15, -0.1) is 0 Å². The molecule has 1 heterocycles. The summed E-state index contributed by atoms with van der Waals surface area (Å²) in [6.07, 6.45) is 2.52. The lowest BCUT2D eigenvalue weighted by molar-refractivity contribution is -0.108. The molecule has 0 N–H and O–H groups in total. The molecule has 1 amide bonds. The van der Waals surface area contributed by atoms with Crippen molar-refractivity contribution in [1.29, 1.82) is 0 Å². The van der Waals surface area contributed by atoms with Gasteiger partial charge in [0.25, 0.3) is 5.91 Å². The largest absolute Gasteiger partial charge is 0.492 e. The Morgan fingerprint density at radius 1 is 1.35 bits per heavy atom. The first kappa shape index (κ1) is 17.0. The van der Waals surface area contributed by atoms with E-state index in [-0.39, 0.29) is 29.3 Å². The van der Waals surface area contributed by atoms with Crippen LogP contribution in [-0.4, -0.2) is 30.2 Å². The second-order valence-corrected chi connectivity index (χ2v) is 6.96. The van der Waals surface area contributed by atoms with Gasteiger partial charge in [0.1, 0.15) is 17.9 Å². The van der Waals surface area contributed by atoms with Gasteiger partial charge >= 0.3 is 0 Å². The Balaban J connectivity index is 1.74. The third kappa shape index (κ3) is 2.76. The van der Waals surface area contributed by atoms with Crippen molar-refractivity contribution in [2.75, 3.05) is 13.2 Å². The average molecular weight is 374 g/mol. The van der Waals surface area contributed by atoms with E-state index in [1.807, 2.05) is 12.1 Å². The van der Waals surface area contributed by atoms with Crippen molar-refractivity contribution < 1.29 is 18.7 Å². The maximum atomic E-state index is 14.2. The van der Waals surface area contributed by atoms with Crippen LogP contribution >= 0.6 is 11.6 Å². The molecule has 4 rings (SSSR count). The Labute approximate surface area is 155 Å². The lowest BCUT2D eigenvalue weighted by Gasteiger charge is -2.28. The molecule has 0 aromatic heterocycles. The van der Waals surface area contributed by atoms with Crippen LogP contribution in [0.25, 0.3) is 0 Å². The summed E-state index contributed by atoms with van der Waals surface area (Å²) < 4.78 is 19.8. The number of amides is 1. The molecule has 6 heteroatoms. The molecule has 0 bridgehead atoms. The summed E-state index contributed by atoms with van der Waals surface area (Å²) in [5.41, 5.74) is 2.68. The Hall–Kier alpha value is -2.40. The van der Waals surface area contributed by atoms with Gasteiger partial charge in [-0.05, 0) is 47.7 Å². The van der Waals surface area contributed by atoms with Crippen molar-refractivity contribution in [2.24, 2.45) is 0 Å². The highest BCUT2D eigenvalue weighted by Crippen LogP contribution is 2.40. The first-order valence-electron chi connectivity index (χ1n) is 8.57. The number of aldehydes is 1. The average Bonchev–Trinajstić information content (AvgIpc) is 3.25. The minimum Gasteiger partial charge on any atom is -0.492 e. The summed E-state index contributed by atoms with van der Waals surface area (Å²) in [4.78, 5) is 26.0. The van der Waals surface area contributed by atoms with E-state index < -0.39 is 0 Å². The number of carbonyl (C=O) groups is 2. The summed E-state index contributed by atoms with van der Waals surface area (Å²) in [5, 5.41) is 0.288. The van der Waals surface area contributed by atoms with Crippen molar-refractivity contribution in [3.05, 3.63) is 63.4 Å². The number of fused-ring (bicyclic) bond motifs is 2. The molecule has 0 radical (unpaired) electrons. The molecule has 2 aromatic rings. The zero-order valence-electron chi connectivity index (χ0n) is 14.0. The smallest absolute Gasteiger partial charge is 0.258 e. The van der Waals surface area contributed by atoms with Gasteiger partial charge < -0.3 is 14.4 Å². The van der Waals surface area contributed by atoms with Gasteiger partial charge in [-0.1, -0.05) is 23.7 Å². The van der Waals surface area contributed by atoms with Crippen LogP contribution in [0.5, 0.6) is 5.75 Å². The number of halogens is 2. The highest BCUT2D eigenvalue weighted by Gasteiger charge is 2.35. The first-order chi connectivity index (χ1) is 12.6. The monoisotopic (exact) mass is 373 g/mol. The summed E-state index contributed by atoms with van der Waals surface area (Å²) in [6.45, 7) is 0.473. The molecule has 134 valence electrons. The minimum absolute atomic E-state index is 0.0687. The fraction of sp³-hybridized carbons (Fsp3) is 0.300. The number of carbonyl (C=O) groups excluding carboxylic acids is 2. The Kier molecular flexibility index (Phi) is 4.41. The maximum Gasteiger partial charge on any atom is 0.258 e. The van der Waals surface area contributed by atoms with Crippen molar-refractivity contribution in [2.45, 2.75) is 25.3 Å². The van der Waals surface area contributed by atoms with Crippen molar-refractivity contribution in [1.82, 2.24) is 4.90 Å².